The topological polar surface area (TPSA) is 56.3 Å². The van der Waals surface area contributed by atoms with Crippen LogP contribution in [0.4, 0.5) is 17.6 Å². The van der Waals surface area contributed by atoms with E-state index < -0.39 is 0 Å². The molecule has 5 rings (SSSR count). The average molecular weight is 459 g/mol. The molecule has 0 radical (unpaired) electrons. The normalized spacial score (nSPS) is 16.3. The largest absolute Gasteiger partial charge is 0.356 e. The Balaban J connectivity index is 1.36. The first kappa shape index (κ1) is 21.6. The van der Waals surface area contributed by atoms with Crippen molar-refractivity contribution in [1.29, 1.82) is 0 Å². The van der Waals surface area contributed by atoms with Crippen molar-refractivity contribution in [1.82, 2.24) is 15.3 Å². The Labute approximate surface area is 201 Å². The molecule has 170 valence electrons. The number of fused-ring (bicyclic) bond motifs is 1. The molecule has 0 saturated carbocycles. The van der Waals surface area contributed by atoms with Crippen LogP contribution in [0, 0.1) is 0 Å². The summed E-state index contributed by atoms with van der Waals surface area (Å²) in [6, 6.07) is 21.2. The van der Waals surface area contributed by atoms with Crippen molar-refractivity contribution in [2.24, 2.45) is 0 Å². The molecule has 0 amide bonds. The Morgan fingerprint density at radius 1 is 0.879 bits per heavy atom. The van der Waals surface area contributed by atoms with Crippen LogP contribution in [0.15, 0.2) is 60.7 Å². The fraction of sp³-hybridized carbons (Fsp3) is 0.346. The Morgan fingerprint density at radius 2 is 1.55 bits per heavy atom. The molecule has 0 aliphatic carbocycles. The molecule has 3 heterocycles. The molecule has 2 N–H and O–H groups in total. The third-order valence-corrected chi connectivity index (χ3v) is 6.68. The van der Waals surface area contributed by atoms with Crippen molar-refractivity contribution in [3.05, 3.63) is 77.4 Å². The number of nitrogens with zero attached hydrogens (tertiary/aromatic N) is 4. The maximum Gasteiger partial charge on any atom is 0.232 e. The minimum Gasteiger partial charge on any atom is -0.356 e. The number of aromatic nitrogens is 2. The molecule has 0 spiro atoms. The minimum atomic E-state index is 0.0889. The Bertz CT molecular complexity index is 1110. The molecule has 1 atom stereocenters. The second-order valence-corrected chi connectivity index (χ2v) is 9.18. The van der Waals surface area contributed by atoms with Crippen LogP contribution in [-0.2, 0) is 13.0 Å². The number of hydrogen-bond donors (Lipinski definition) is 2. The van der Waals surface area contributed by atoms with E-state index in [1.54, 1.807) is 0 Å². The fourth-order valence-electron chi connectivity index (χ4n) is 4.60. The maximum atomic E-state index is 5.61. The predicted octanol–water partition coefficient (Wildman–Crippen LogP) is 4.69. The minimum absolute atomic E-state index is 0.0889. The Morgan fingerprint density at radius 3 is 2.30 bits per heavy atom. The zero-order chi connectivity index (χ0) is 22.6. The highest BCUT2D eigenvalue weighted by molar-refractivity contribution is 7.80. The lowest BCUT2D eigenvalue weighted by atomic mass is 10.00. The van der Waals surface area contributed by atoms with Crippen molar-refractivity contribution in [2.75, 3.05) is 34.8 Å². The summed E-state index contributed by atoms with van der Waals surface area (Å²) >= 11 is 5.61. The average Bonchev–Trinajstić information content (AvgIpc) is 3.39. The molecular formula is C26H30N6S. The van der Waals surface area contributed by atoms with Gasteiger partial charge in [0, 0.05) is 32.2 Å². The van der Waals surface area contributed by atoms with Crippen molar-refractivity contribution in [3.8, 4) is 0 Å². The highest BCUT2D eigenvalue weighted by atomic mass is 32.1. The van der Waals surface area contributed by atoms with Gasteiger partial charge in [0.05, 0.1) is 6.04 Å². The van der Waals surface area contributed by atoms with E-state index in [-0.39, 0.29) is 6.04 Å². The molecule has 1 saturated heterocycles. The monoisotopic (exact) mass is 458 g/mol. The van der Waals surface area contributed by atoms with Gasteiger partial charge in [0.1, 0.15) is 11.6 Å². The highest BCUT2D eigenvalue weighted by Crippen LogP contribution is 2.28. The summed E-state index contributed by atoms with van der Waals surface area (Å²) in [5.74, 6) is 2.46. The Kier molecular flexibility index (Phi) is 6.39. The van der Waals surface area contributed by atoms with Crippen molar-refractivity contribution in [2.45, 2.75) is 38.8 Å². The molecule has 1 fully saturated rings. The molecule has 2 aromatic carbocycles. The van der Waals surface area contributed by atoms with E-state index in [0.717, 1.165) is 44.2 Å². The van der Waals surface area contributed by atoms with Crippen molar-refractivity contribution < 1.29 is 0 Å². The van der Waals surface area contributed by atoms with E-state index in [4.69, 9.17) is 22.2 Å². The third-order valence-electron chi connectivity index (χ3n) is 6.46. The van der Waals surface area contributed by atoms with Crippen molar-refractivity contribution >= 4 is 34.9 Å². The van der Waals surface area contributed by atoms with Gasteiger partial charge in [0.15, 0.2) is 5.11 Å². The smallest absolute Gasteiger partial charge is 0.232 e. The van der Waals surface area contributed by atoms with E-state index in [1.807, 2.05) is 18.2 Å². The van der Waals surface area contributed by atoms with Gasteiger partial charge >= 0.3 is 0 Å². The van der Waals surface area contributed by atoms with E-state index in [0.29, 0.717) is 11.1 Å². The predicted molar refractivity (Wildman–Crippen MR) is 139 cm³/mol. The van der Waals surface area contributed by atoms with Gasteiger partial charge in [-0.1, -0.05) is 54.6 Å². The lowest BCUT2D eigenvalue weighted by Crippen LogP contribution is -2.33. The van der Waals surface area contributed by atoms with Gasteiger partial charge in [-0.3, -0.25) is 0 Å². The van der Waals surface area contributed by atoms with Crippen LogP contribution in [-0.4, -0.2) is 34.7 Å². The Hall–Kier alpha value is -3.19. The summed E-state index contributed by atoms with van der Waals surface area (Å²) in [6.45, 7) is 5.97. The van der Waals surface area contributed by atoms with Crippen LogP contribution in [0.1, 0.15) is 42.5 Å². The first-order valence-electron chi connectivity index (χ1n) is 11.7. The van der Waals surface area contributed by atoms with Crippen LogP contribution < -0.4 is 20.4 Å². The number of hydrogen-bond acceptors (Lipinski definition) is 5. The molecule has 1 aromatic heterocycles. The molecule has 0 bridgehead atoms. The number of benzene rings is 2. The third kappa shape index (κ3) is 5.09. The second-order valence-electron chi connectivity index (χ2n) is 8.77. The molecule has 2 aliphatic rings. The lowest BCUT2D eigenvalue weighted by molar-refractivity contribution is 0.717. The first-order chi connectivity index (χ1) is 16.2. The molecule has 7 heteroatoms. The quantitative estimate of drug-likeness (QED) is 0.538. The fourth-order valence-corrected chi connectivity index (χ4v) is 4.87. The summed E-state index contributed by atoms with van der Waals surface area (Å²) in [5, 5.41) is 7.14. The zero-order valence-corrected chi connectivity index (χ0v) is 19.8. The molecule has 33 heavy (non-hydrogen) atoms. The number of rotatable bonds is 5. The summed E-state index contributed by atoms with van der Waals surface area (Å²) < 4.78 is 0. The van der Waals surface area contributed by atoms with Crippen molar-refractivity contribution in [3.63, 3.8) is 0 Å². The van der Waals surface area contributed by atoms with Crippen LogP contribution in [0.3, 0.4) is 0 Å². The standard InChI is InChI=1S/C26H30N6S/c1-19(20-9-3-2-4-10-20)27-26(33)30-25-28-23(31-14-7-8-15-31)17-24(29-25)32-16-13-21-11-5-6-12-22(21)18-32/h2-6,9-12,17,19H,7-8,13-16,18H2,1H3,(H2,27,28,29,30,33). The summed E-state index contributed by atoms with van der Waals surface area (Å²) in [5.41, 5.74) is 3.98. The number of nitrogens with one attached hydrogen (secondary N) is 2. The maximum absolute atomic E-state index is 5.61. The highest BCUT2D eigenvalue weighted by Gasteiger charge is 2.22. The lowest BCUT2D eigenvalue weighted by Gasteiger charge is -2.31. The van der Waals surface area contributed by atoms with E-state index in [9.17, 15) is 0 Å². The second kappa shape index (κ2) is 9.75. The summed E-state index contributed by atoms with van der Waals surface area (Å²) in [7, 11) is 0. The van der Waals surface area contributed by atoms with E-state index in [2.05, 4.69) is 69.8 Å². The molecule has 3 aromatic rings. The van der Waals surface area contributed by atoms with Gasteiger partial charge in [-0.25, -0.2) is 0 Å². The molecule has 6 nitrogen and oxygen atoms in total. The SMILES string of the molecule is CC(NC(=S)Nc1nc(N2CCCC2)cc(N2CCc3ccccc3C2)n1)c1ccccc1. The molecule has 1 unspecified atom stereocenters. The van der Waals surface area contributed by atoms with Crippen LogP contribution in [0.5, 0.6) is 0 Å². The van der Waals surface area contributed by atoms with Gasteiger partial charge < -0.3 is 20.4 Å². The van der Waals surface area contributed by atoms with Gasteiger partial charge in [0.25, 0.3) is 0 Å². The van der Waals surface area contributed by atoms with Crippen LogP contribution in [0.25, 0.3) is 0 Å². The summed E-state index contributed by atoms with van der Waals surface area (Å²) in [4.78, 5) is 14.4. The van der Waals surface area contributed by atoms with Gasteiger partial charge in [0.2, 0.25) is 5.95 Å². The number of anilines is 3. The molecular weight excluding hydrogens is 428 g/mol. The van der Waals surface area contributed by atoms with E-state index in [1.165, 1.54) is 29.5 Å². The first-order valence-corrected chi connectivity index (χ1v) is 12.1. The summed E-state index contributed by atoms with van der Waals surface area (Å²) in [6.07, 6.45) is 3.43. The van der Waals surface area contributed by atoms with Gasteiger partial charge in [-0.05, 0) is 55.1 Å². The van der Waals surface area contributed by atoms with Gasteiger partial charge in [-0.2, -0.15) is 9.97 Å². The van der Waals surface area contributed by atoms with Crippen LogP contribution in [0.2, 0.25) is 0 Å². The zero-order valence-electron chi connectivity index (χ0n) is 19.0. The molecule has 2 aliphatic heterocycles. The number of thiocarbonyl (C=S) groups is 1. The van der Waals surface area contributed by atoms with Crippen LogP contribution >= 0.6 is 12.2 Å². The van der Waals surface area contributed by atoms with Gasteiger partial charge in [-0.15, -0.1) is 0 Å². The van der Waals surface area contributed by atoms with E-state index >= 15 is 0 Å².